The van der Waals surface area contributed by atoms with Gasteiger partial charge in [-0.15, -0.1) is 0 Å². The summed E-state index contributed by atoms with van der Waals surface area (Å²) in [6.07, 6.45) is 4.56. The van der Waals surface area contributed by atoms with Gasteiger partial charge in [0.1, 0.15) is 5.75 Å². The zero-order chi connectivity index (χ0) is 12.0. The number of aromatic hydroxyl groups is 1. The van der Waals surface area contributed by atoms with Crippen molar-refractivity contribution in [1.29, 1.82) is 0 Å². The summed E-state index contributed by atoms with van der Waals surface area (Å²) in [5.41, 5.74) is 1.92. The Morgan fingerprint density at radius 1 is 1.50 bits per heavy atom. The van der Waals surface area contributed by atoms with E-state index in [-0.39, 0.29) is 11.7 Å². The third-order valence-corrected chi connectivity index (χ3v) is 2.17. The highest BCUT2D eigenvalue weighted by molar-refractivity contribution is 5.72. The molecule has 0 spiro atoms. The van der Waals surface area contributed by atoms with Gasteiger partial charge in [-0.2, -0.15) is 0 Å². The van der Waals surface area contributed by atoms with Gasteiger partial charge in [0.05, 0.1) is 0 Å². The maximum absolute atomic E-state index is 10.6. The second-order valence-corrected chi connectivity index (χ2v) is 3.74. The number of rotatable bonds is 4. The molecular weight excluding hydrogens is 202 g/mol. The van der Waals surface area contributed by atoms with Crippen molar-refractivity contribution in [2.75, 3.05) is 6.54 Å². The molecule has 1 rings (SSSR count). The Balaban J connectivity index is 2.49. The van der Waals surface area contributed by atoms with Crippen molar-refractivity contribution in [3.05, 3.63) is 35.4 Å². The Morgan fingerprint density at radius 2 is 2.25 bits per heavy atom. The Kier molecular flexibility index (Phi) is 4.58. The van der Waals surface area contributed by atoms with Crippen molar-refractivity contribution >= 4 is 12.0 Å². The summed E-state index contributed by atoms with van der Waals surface area (Å²) in [6, 6.07) is 5.47. The van der Waals surface area contributed by atoms with E-state index in [4.69, 9.17) is 0 Å². The number of carbonyl (C=O) groups is 1. The molecule has 86 valence electrons. The van der Waals surface area contributed by atoms with Crippen LogP contribution in [0.5, 0.6) is 5.75 Å². The summed E-state index contributed by atoms with van der Waals surface area (Å²) in [6.45, 7) is 4.10. The Labute approximate surface area is 95.8 Å². The number of benzene rings is 1. The van der Waals surface area contributed by atoms with Crippen LogP contribution in [0, 0.1) is 6.92 Å². The maximum atomic E-state index is 10.6. The summed E-state index contributed by atoms with van der Waals surface area (Å²) in [5, 5.41) is 12.3. The first-order chi connectivity index (χ1) is 7.59. The molecule has 1 aromatic rings. The SMILES string of the molecule is CC(=O)NCCC=Cc1cc(C)ccc1O. The molecule has 2 N–H and O–H groups in total. The summed E-state index contributed by atoms with van der Waals surface area (Å²) < 4.78 is 0. The van der Waals surface area contributed by atoms with E-state index in [9.17, 15) is 9.90 Å². The Hall–Kier alpha value is -1.77. The van der Waals surface area contributed by atoms with Crippen LogP contribution in [0.3, 0.4) is 0 Å². The monoisotopic (exact) mass is 219 g/mol. The van der Waals surface area contributed by atoms with Gasteiger partial charge in [0.2, 0.25) is 5.91 Å². The lowest BCUT2D eigenvalue weighted by Gasteiger charge is -2.01. The minimum absolute atomic E-state index is 0.0215. The number of hydrogen-bond donors (Lipinski definition) is 2. The summed E-state index contributed by atoms with van der Waals surface area (Å²) in [4.78, 5) is 10.6. The maximum Gasteiger partial charge on any atom is 0.216 e. The van der Waals surface area contributed by atoms with Crippen LogP contribution in [0.25, 0.3) is 6.08 Å². The van der Waals surface area contributed by atoms with Crippen LogP contribution >= 0.6 is 0 Å². The average Bonchev–Trinajstić information content (AvgIpc) is 2.22. The molecular formula is C13H17NO2. The lowest BCUT2D eigenvalue weighted by Crippen LogP contribution is -2.20. The number of aryl methyl sites for hydroxylation is 1. The molecule has 0 heterocycles. The highest BCUT2D eigenvalue weighted by atomic mass is 16.3. The van der Waals surface area contributed by atoms with Gasteiger partial charge in [0, 0.05) is 19.0 Å². The molecule has 0 fully saturated rings. The van der Waals surface area contributed by atoms with Crippen molar-refractivity contribution in [2.24, 2.45) is 0 Å². The number of nitrogens with one attached hydrogen (secondary N) is 1. The van der Waals surface area contributed by atoms with E-state index in [0.717, 1.165) is 17.5 Å². The highest BCUT2D eigenvalue weighted by Gasteiger charge is 1.96. The van der Waals surface area contributed by atoms with Gasteiger partial charge in [-0.1, -0.05) is 23.8 Å². The molecule has 0 saturated carbocycles. The second kappa shape index (κ2) is 5.95. The minimum Gasteiger partial charge on any atom is -0.507 e. The Bertz CT molecular complexity index is 397. The molecule has 0 aliphatic carbocycles. The molecule has 3 heteroatoms. The van der Waals surface area contributed by atoms with E-state index < -0.39 is 0 Å². The van der Waals surface area contributed by atoms with Crippen molar-refractivity contribution in [3.63, 3.8) is 0 Å². The first-order valence-corrected chi connectivity index (χ1v) is 5.30. The van der Waals surface area contributed by atoms with E-state index in [1.54, 1.807) is 6.07 Å². The van der Waals surface area contributed by atoms with E-state index in [1.807, 2.05) is 31.2 Å². The fourth-order valence-electron chi connectivity index (χ4n) is 1.35. The van der Waals surface area contributed by atoms with Crippen molar-refractivity contribution in [2.45, 2.75) is 20.3 Å². The molecule has 0 bridgehead atoms. The molecule has 0 unspecified atom stereocenters. The van der Waals surface area contributed by atoms with Gasteiger partial charge in [-0.05, 0) is 25.5 Å². The standard InChI is InChI=1S/C13H17NO2/c1-10-6-7-13(16)12(9-10)5-3-4-8-14-11(2)15/h3,5-7,9,16H,4,8H2,1-2H3,(H,14,15). The number of carbonyl (C=O) groups excluding carboxylic acids is 1. The van der Waals surface area contributed by atoms with Gasteiger partial charge in [-0.3, -0.25) is 4.79 Å². The summed E-state index contributed by atoms with van der Waals surface area (Å²) in [7, 11) is 0. The van der Waals surface area contributed by atoms with Crippen LogP contribution in [0.4, 0.5) is 0 Å². The van der Waals surface area contributed by atoms with Crippen LogP contribution in [0.15, 0.2) is 24.3 Å². The zero-order valence-electron chi connectivity index (χ0n) is 9.66. The molecule has 0 aromatic heterocycles. The van der Waals surface area contributed by atoms with Crippen molar-refractivity contribution < 1.29 is 9.90 Å². The molecule has 3 nitrogen and oxygen atoms in total. The Morgan fingerprint density at radius 3 is 2.94 bits per heavy atom. The van der Waals surface area contributed by atoms with E-state index in [2.05, 4.69) is 5.32 Å². The zero-order valence-corrected chi connectivity index (χ0v) is 9.66. The molecule has 0 saturated heterocycles. The fraction of sp³-hybridized carbons (Fsp3) is 0.308. The summed E-state index contributed by atoms with van der Waals surface area (Å²) >= 11 is 0. The molecule has 1 aromatic carbocycles. The molecule has 1 amide bonds. The normalized spacial score (nSPS) is 10.6. The number of phenolic OH excluding ortho intramolecular Hbond substituents is 1. The van der Waals surface area contributed by atoms with Crippen LogP contribution in [-0.2, 0) is 4.79 Å². The highest BCUT2D eigenvalue weighted by Crippen LogP contribution is 2.19. The number of amides is 1. The first-order valence-electron chi connectivity index (χ1n) is 5.30. The molecule has 0 atom stereocenters. The first kappa shape index (κ1) is 12.3. The number of phenols is 1. The molecule has 16 heavy (non-hydrogen) atoms. The van der Waals surface area contributed by atoms with Gasteiger partial charge in [0.15, 0.2) is 0 Å². The topological polar surface area (TPSA) is 49.3 Å². The van der Waals surface area contributed by atoms with Gasteiger partial charge in [0.25, 0.3) is 0 Å². The predicted molar refractivity (Wildman–Crippen MR) is 65.2 cm³/mol. The lowest BCUT2D eigenvalue weighted by molar-refractivity contribution is -0.118. The fourth-order valence-corrected chi connectivity index (χ4v) is 1.35. The largest absolute Gasteiger partial charge is 0.507 e. The summed E-state index contributed by atoms with van der Waals surface area (Å²) in [5.74, 6) is 0.258. The van der Waals surface area contributed by atoms with Crippen molar-refractivity contribution in [1.82, 2.24) is 5.32 Å². The molecule has 0 aliphatic heterocycles. The average molecular weight is 219 g/mol. The molecule has 0 radical (unpaired) electrons. The van der Waals surface area contributed by atoms with Crippen LogP contribution in [0.1, 0.15) is 24.5 Å². The third-order valence-electron chi connectivity index (χ3n) is 2.17. The van der Waals surface area contributed by atoms with Crippen molar-refractivity contribution in [3.8, 4) is 5.75 Å². The molecule has 0 aliphatic rings. The quantitative estimate of drug-likeness (QED) is 0.763. The van der Waals surface area contributed by atoms with Crippen LogP contribution in [-0.4, -0.2) is 17.6 Å². The van der Waals surface area contributed by atoms with E-state index in [1.165, 1.54) is 6.92 Å². The number of hydrogen-bond acceptors (Lipinski definition) is 2. The van der Waals surface area contributed by atoms with E-state index in [0.29, 0.717) is 6.54 Å². The predicted octanol–water partition coefficient (Wildman–Crippen LogP) is 2.24. The lowest BCUT2D eigenvalue weighted by atomic mass is 10.1. The van der Waals surface area contributed by atoms with E-state index >= 15 is 0 Å². The van der Waals surface area contributed by atoms with Gasteiger partial charge in [-0.25, -0.2) is 0 Å². The van der Waals surface area contributed by atoms with Gasteiger partial charge < -0.3 is 10.4 Å². The van der Waals surface area contributed by atoms with Gasteiger partial charge >= 0.3 is 0 Å². The minimum atomic E-state index is -0.0215. The second-order valence-electron chi connectivity index (χ2n) is 3.74. The van der Waals surface area contributed by atoms with Crippen LogP contribution in [0.2, 0.25) is 0 Å². The smallest absolute Gasteiger partial charge is 0.216 e. The third kappa shape index (κ3) is 4.17. The van der Waals surface area contributed by atoms with Crippen LogP contribution < -0.4 is 5.32 Å².